The zero-order chi connectivity index (χ0) is 19.8. The van der Waals surface area contributed by atoms with Crippen LogP contribution in [0.15, 0.2) is 13.6 Å². The monoisotopic (exact) mass is 548 g/mol. The molecule has 0 spiro atoms. The Morgan fingerprint density at radius 2 is 1.39 bits per heavy atom. The molecular formula is C22H30Br2O2S2. The summed E-state index contributed by atoms with van der Waals surface area (Å²) in [4.78, 5) is 2.54. The molecule has 1 aliphatic heterocycles. The lowest BCUT2D eigenvalue weighted by Gasteiger charge is -2.16. The minimum Gasteiger partial charge on any atom is -0.485 e. The molecule has 1 aliphatic rings. The first-order chi connectivity index (χ1) is 13.7. The van der Waals surface area contributed by atoms with Gasteiger partial charge in [0.1, 0.15) is 17.0 Å². The largest absolute Gasteiger partial charge is 0.485 e. The Morgan fingerprint density at radius 1 is 0.786 bits per heavy atom. The van der Waals surface area contributed by atoms with Gasteiger partial charge in [-0.15, -0.1) is 22.7 Å². The molecule has 3 heterocycles. The first-order valence-corrected chi connectivity index (χ1v) is 13.8. The minimum absolute atomic E-state index is 0.626. The van der Waals surface area contributed by atoms with Crippen molar-refractivity contribution in [3.8, 4) is 21.3 Å². The zero-order valence-electron chi connectivity index (χ0n) is 16.7. The molecule has 0 amide bonds. The second-order valence-electron chi connectivity index (χ2n) is 7.40. The maximum Gasteiger partial charge on any atom is 0.187 e. The van der Waals surface area contributed by atoms with E-state index >= 15 is 0 Å². The van der Waals surface area contributed by atoms with Gasteiger partial charge in [0.05, 0.1) is 13.5 Å². The summed E-state index contributed by atoms with van der Waals surface area (Å²) in [6.45, 7) is 3.54. The maximum absolute atomic E-state index is 5.95. The van der Waals surface area contributed by atoms with E-state index in [0.717, 1.165) is 21.7 Å². The van der Waals surface area contributed by atoms with Gasteiger partial charge in [-0.3, -0.25) is 0 Å². The van der Waals surface area contributed by atoms with Crippen LogP contribution in [-0.4, -0.2) is 13.2 Å². The van der Waals surface area contributed by atoms with Crippen LogP contribution in [0.5, 0.6) is 11.5 Å². The van der Waals surface area contributed by atoms with Gasteiger partial charge in [-0.25, -0.2) is 0 Å². The van der Waals surface area contributed by atoms with Crippen molar-refractivity contribution < 1.29 is 9.47 Å². The van der Waals surface area contributed by atoms with Crippen molar-refractivity contribution in [3.63, 3.8) is 0 Å². The lowest BCUT2D eigenvalue weighted by Crippen LogP contribution is -2.14. The first kappa shape index (κ1) is 22.6. The molecule has 3 rings (SSSR count). The number of aryl methyl sites for hydroxylation is 1. The predicted octanol–water partition coefficient (Wildman–Crippen LogP) is 9.24. The summed E-state index contributed by atoms with van der Waals surface area (Å²) >= 11 is 10.9. The van der Waals surface area contributed by atoms with Crippen molar-refractivity contribution >= 4 is 54.5 Å². The number of rotatable bonds is 12. The first-order valence-electron chi connectivity index (χ1n) is 10.6. The highest BCUT2D eigenvalue weighted by Crippen LogP contribution is 2.54. The molecule has 0 saturated carbocycles. The molecule has 0 bridgehead atoms. The lowest BCUT2D eigenvalue weighted by molar-refractivity contribution is 0.173. The van der Waals surface area contributed by atoms with Crippen molar-refractivity contribution in [1.29, 1.82) is 0 Å². The quantitative estimate of drug-likeness (QED) is 0.245. The highest BCUT2D eigenvalue weighted by atomic mass is 79.9. The fourth-order valence-corrected chi connectivity index (χ4v) is 7.20. The Hall–Kier alpha value is -0.0400. The number of unbranched alkanes of at least 4 members (excludes halogenated alkanes) is 9. The van der Waals surface area contributed by atoms with Gasteiger partial charge in [0.15, 0.2) is 11.5 Å². The Labute approximate surface area is 194 Å². The SMILES string of the molecule is CCCCCCCCCCCCc1cc(Br)sc1-c1sc(Br)c2c1OCCO2. The van der Waals surface area contributed by atoms with Crippen LogP contribution in [0.3, 0.4) is 0 Å². The van der Waals surface area contributed by atoms with Crippen molar-refractivity contribution in [2.75, 3.05) is 13.2 Å². The van der Waals surface area contributed by atoms with Gasteiger partial charge >= 0.3 is 0 Å². The Kier molecular flexibility index (Phi) is 9.68. The number of fused-ring (bicyclic) bond motifs is 1. The van der Waals surface area contributed by atoms with Crippen LogP contribution in [-0.2, 0) is 6.42 Å². The molecule has 2 nitrogen and oxygen atoms in total. The molecule has 0 unspecified atom stereocenters. The molecule has 28 heavy (non-hydrogen) atoms. The van der Waals surface area contributed by atoms with Crippen molar-refractivity contribution in [2.24, 2.45) is 0 Å². The number of hydrogen-bond donors (Lipinski definition) is 0. The van der Waals surface area contributed by atoms with Crippen LogP contribution in [0.1, 0.15) is 76.7 Å². The summed E-state index contributed by atoms with van der Waals surface area (Å²) in [6, 6.07) is 2.29. The van der Waals surface area contributed by atoms with Gasteiger partial charge in [0.2, 0.25) is 0 Å². The Morgan fingerprint density at radius 3 is 2.07 bits per heavy atom. The van der Waals surface area contributed by atoms with Crippen LogP contribution >= 0.6 is 54.5 Å². The van der Waals surface area contributed by atoms with E-state index in [1.807, 2.05) is 0 Å². The summed E-state index contributed by atoms with van der Waals surface area (Å²) in [5, 5.41) is 0. The molecule has 0 radical (unpaired) electrons. The molecule has 6 heteroatoms. The average Bonchev–Trinajstić information content (AvgIpc) is 3.23. The number of ether oxygens (including phenoxy) is 2. The topological polar surface area (TPSA) is 18.5 Å². The van der Waals surface area contributed by atoms with Gasteiger partial charge in [-0.2, -0.15) is 0 Å². The average molecular weight is 550 g/mol. The fraction of sp³-hybridized carbons (Fsp3) is 0.636. The lowest BCUT2D eigenvalue weighted by atomic mass is 10.0. The molecule has 2 aromatic rings. The van der Waals surface area contributed by atoms with Gasteiger partial charge in [0, 0.05) is 0 Å². The van der Waals surface area contributed by atoms with Crippen molar-refractivity contribution in [1.82, 2.24) is 0 Å². The molecule has 0 fully saturated rings. The van der Waals surface area contributed by atoms with Crippen LogP contribution in [0.25, 0.3) is 9.75 Å². The van der Waals surface area contributed by atoms with Crippen LogP contribution in [0.2, 0.25) is 0 Å². The van der Waals surface area contributed by atoms with Crippen molar-refractivity contribution in [2.45, 2.75) is 77.6 Å². The summed E-state index contributed by atoms with van der Waals surface area (Å²) in [6.07, 6.45) is 14.9. The number of thiophene rings is 2. The summed E-state index contributed by atoms with van der Waals surface area (Å²) in [5.41, 5.74) is 1.43. The standard InChI is InChI=1S/C22H30Br2O2S2/c1-2-3-4-5-6-7-8-9-10-11-12-16-15-17(23)27-20(16)21-18-19(22(24)28-21)26-14-13-25-18/h15H,2-14H2,1H3. The second kappa shape index (κ2) is 12.0. The molecule has 0 aliphatic carbocycles. The van der Waals surface area contributed by atoms with Gasteiger partial charge in [-0.05, 0) is 56.3 Å². The molecule has 0 saturated heterocycles. The van der Waals surface area contributed by atoms with E-state index in [-0.39, 0.29) is 0 Å². The van der Waals surface area contributed by atoms with Crippen molar-refractivity contribution in [3.05, 3.63) is 19.2 Å². The van der Waals surface area contributed by atoms with Gasteiger partial charge in [-0.1, -0.05) is 64.7 Å². The van der Waals surface area contributed by atoms with E-state index in [1.54, 1.807) is 22.7 Å². The fourth-order valence-electron chi connectivity index (χ4n) is 3.64. The minimum atomic E-state index is 0.626. The van der Waals surface area contributed by atoms with E-state index in [2.05, 4.69) is 44.8 Å². The molecular weight excluding hydrogens is 520 g/mol. The van der Waals surface area contributed by atoms with Crippen LogP contribution in [0, 0.1) is 0 Å². The molecule has 0 atom stereocenters. The zero-order valence-corrected chi connectivity index (χ0v) is 21.5. The third kappa shape index (κ3) is 6.23. The second-order valence-corrected chi connectivity index (χ2v) is 12.2. The van der Waals surface area contributed by atoms with E-state index in [1.165, 1.54) is 83.3 Å². The number of hydrogen-bond acceptors (Lipinski definition) is 4. The van der Waals surface area contributed by atoms with E-state index in [0.29, 0.717) is 13.2 Å². The van der Waals surface area contributed by atoms with E-state index < -0.39 is 0 Å². The summed E-state index contributed by atoms with van der Waals surface area (Å²) in [7, 11) is 0. The van der Waals surface area contributed by atoms with E-state index in [9.17, 15) is 0 Å². The smallest absolute Gasteiger partial charge is 0.187 e. The van der Waals surface area contributed by atoms with Crippen LogP contribution in [0.4, 0.5) is 0 Å². The van der Waals surface area contributed by atoms with Gasteiger partial charge in [0.25, 0.3) is 0 Å². The molecule has 2 aromatic heterocycles. The van der Waals surface area contributed by atoms with E-state index in [4.69, 9.17) is 9.47 Å². The highest BCUT2D eigenvalue weighted by molar-refractivity contribution is 9.11. The molecule has 0 N–H and O–H groups in total. The Bertz CT molecular complexity index is 739. The maximum atomic E-state index is 5.95. The predicted molar refractivity (Wildman–Crippen MR) is 130 cm³/mol. The summed E-state index contributed by atoms with van der Waals surface area (Å²) < 4.78 is 14.0. The normalized spacial score (nSPS) is 13.2. The molecule has 156 valence electrons. The third-order valence-corrected chi connectivity index (χ3v) is 8.77. The summed E-state index contributed by atoms with van der Waals surface area (Å²) in [5.74, 6) is 1.79. The Balaban J connectivity index is 1.48. The number of halogens is 2. The highest BCUT2D eigenvalue weighted by Gasteiger charge is 2.26. The van der Waals surface area contributed by atoms with Gasteiger partial charge < -0.3 is 9.47 Å². The van der Waals surface area contributed by atoms with Crippen LogP contribution < -0.4 is 9.47 Å². The third-order valence-electron chi connectivity index (χ3n) is 5.14. The molecule has 0 aromatic carbocycles.